The summed E-state index contributed by atoms with van der Waals surface area (Å²) in [5, 5.41) is 20.6. The lowest BCUT2D eigenvalue weighted by atomic mass is 10.2. The van der Waals surface area contributed by atoms with Crippen LogP contribution in [-0.2, 0) is 11.3 Å². The number of hydrogen-bond acceptors (Lipinski definition) is 4. The van der Waals surface area contributed by atoms with Gasteiger partial charge in [-0.3, -0.25) is 5.10 Å². The van der Waals surface area contributed by atoms with Crippen LogP contribution >= 0.6 is 11.8 Å². The van der Waals surface area contributed by atoms with Gasteiger partial charge in [-0.15, -0.1) is 0 Å². The molecule has 0 aromatic carbocycles. The van der Waals surface area contributed by atoms with Crippen LogP contribution < -0.4 is 10.6 Å². The van der Waals surface area contributed by atoms with Crippen molar-refractivity contribution in [1.29, 1.82) is 0 Å². The van der Waals surface area contributed by atoms with E-state index in [2.05, 4.69) is 20.8 Å². The Morgan fingerprint density at radius 3 is 2.84 bits per heavy atom. The molecule has 0 aliphatic carbocycles. The first-order valence-corrected chi connectivity index (χ1v) is 7.19. The van der Waals surface area contributed by atoms with Gasteiger partial charge in [0, 0.05) is 17.8 Å². The van der Waals surface area contributed by atoms with Crippen LogP contribution in [0.3, 0.4) is 0 Å². The summed E-state index contributed by atoms with van der Waals surface area (Å²) >= 11 is 1.54. The Labute approximate surface area is 115 Å². The third-order valence-electron chi connectivity index (χ3n) is 2.59. The molecule has 0 fully saturated rings. The molecule has 2 amide bonds. The molecule has 0 aliphatic heterocycles. The number of amides is 2. The van der Waals surface area contributed by atoms with Crippen molar-refractivity contribution in [2.45, 2.75) is 25.9 Å². The van der Waals surface area contributed by atoms with E-state index in [9.17, 15) is 9.59 Å². The summed E-state index contributed by atoms with van der Waals surface area (Å²) in [6.45, 7) is 2.16. The highest BCUT2D eigenvalue weighted by molar-refractivity contribution is 7.98. The summed E-state index contributed by atoms with van der Waals surface area (Å²) in [7, 11) is 0. The van der Waals surface area contributed by atoms with Gasteiger partial charge in [-0.25, -0.2) is 9.59 Å². The van der Waals surface area contributed by atoms with E-state index in [0.717, 1.165) is 11.3 Å². The first kappa shape index (κ1) is 15.4. The van der Waals surface area contributed by atoms with Crippen LogP contribution in [0.2, 0.25) is 0 Å². The molecule has 0 radical (unpaired) electrons. The van der Waals surface area contributed by atoms with Crippen LogP contribution in [0, 0.1) is 6.92 Å². The van der Waals surface area contributed by atoms with Crippen LogP contribution in [0.4, 0.5) is 4.79 Å². The second kappa shape index (κ2) is 7.67. The van der Waals surface area contributed by atoms with Gasteiger partial charge >= 0.3 is 12.0 Å². The summed E-state index contributed by atoms with van der Waals surface area (Å²) in [5.74, 6) is -0.346. The topological polar surface area (TPSA) is 107 Å². The number of hydrogen-bond donors (Lipinski definition) is 4. The van der Waals surface area contributed by atoms with Crippen molar-refractivity contribution in [1.82, 2.24) is 20.8 Å². The molecule has 1 atom stereocenters. The van der Waals surface area contributed by atoms with Gasteiger partial charge in [0.2, 0.25) is 0 Å². The van der Waals surface area contributed by atoms with E-state index in [1.54, 1.807) is 18.0 Å². The molecule has 1 aromatic rings. The number of carbonyl (C=O) groups excluding carboxylic acids is 1. The molecule has 4 N–H and O–H groups in total. The predicted octanol–water partition coefficient (Wildman–Crippen LogP) is 0.724. The number of carbonyl (C=O) groups is 2. The number of aromatic amines is 1. The second-order valence-corrected chi connectivity index (χ2v) is 5.01. The molecule has 7 nitrogen and oxygen atoms in total. The molecule has 1 unspecified atom stereocenters. The molecule has 0 aliphatic rings. The predicted molar refractivity (Wildman–Crippen MR) is 73.1 cm³/mol. The maximum Gasteiger partial charge on any atom is 0.326 e. The normalized spacial score (nSPS) is 11.9. The average molecular weight is 286 g/mol. The van der Waals surface area contributed by atoms with Crippen molar-refractivity contribution in [3.63, 3.8) is 0 Å². The zero-order valence-corrected chi connectivity index (χ0v) is 11.7. The zero-order valence-electron chi connectivity index (χ0n) is 10.9. The Kier molecular flexibility index (Phi) is 6.20. The highest BCUT2D eigenvalue weighted by Gasteiger charge is 2.19. The molecule has 1 heterocycles. The maximum absolute atomic E-state index is 11.6. The first-order chi connectivity index (χ1) is 9.04. The summed E-state index contributed by atoms with van der Waals surface area (Å²) in [6.07, 6.45) is 3.91. The lowest BCUT2D eigenvalue weighted by molar-refractivity contribution is -0.139. The Morgan fingerprint density at radius 1 is 1.58 bits per heavy atom. The van der Waals surface area contributed by atoms with Crippen LogP contribution in [0.25, 0.3) is 0 Å². The maximum atomic E-state index is 11.6. The molecule has 8 heteroatoms. The molecule has 0 bridgehead atoms. The highest BCUT2D eigenvalue weighted by atomic mass is 32.2. The molecular weight excluding hydrogens is 268 g/mol. The van der Waals surface area contributed by atoms with Crippen molar-refractivity contribution < 1.29 is 14.7 Å². The fourth-order valence-electron chi connectivity index (χ4n) is 1.43. The van der Waals surface area contributed by atoms with E-state index in [4.69, 9.17) is 5.11 Å². The Bertz CT molecular complexity index is 435. The smallest absolute Gasteiger partial charge is 0.326 e. The van der Waals surface area contributed by atoms with Crippen molar-refractivity contribution >= 4 is 23.8 Å². The summed E-state index contributed by atoms with van der Waals surface area (Å²) in [4.78, 5) is 22.6. The fraction of sp³-hybridized carbons (Fsp3) is 0.545. The summed E-state index contributed by atoms with van der Waals surface area (Å²) in [6, 6.07) is -1.35. The monoisotopic (exact) mass is 286 g/mol. The number of aryl methyl sites for hydroxylation is 1. The van der Waals surface area contributed by atoms with Gasteiger partial charge in [0.1, 0.15) is 6.04 Å². The molecular formula is C11H18N4O3S. The van der Waals surface area contributed by atoms with E-state index in [0.29, 0.717) is 18.7 Å². The third kappa shape index (κ3) is 5.21. The van der Waals surface area contributed by atoms with E-state index in [-0.39, 0.29) is 0 Å². The van der Waals surface area contributed by atoms with Gasteiger partial charge in [0.15, 0.2) is 0 Å². The zero-order chi connectivity index (χ0) is 14.3. The number of rotatable bonds is 7. The number of carboxylic acid groups (broad SMARTS) is 1. The standard InChI is InChI=1S/C11H18N4O3S/c1-7-8(6-13-15-7)5-12-11(18)14-9(10(16)17)3-4-19-2/h6,9H,3-5H2,1-2H3,(H,13,15)(H,16,17)(H2,12,14,18). The molecule has 0 spiro atoms. The van der Waals surface area contributed by atoms with E-state index < -0.39 is 18.0 Å². The van der Waals surface area contributed by atoms with Crippen LogP contribution in [0.15, 0.2) is 6.20 Å². The van der Waals surface area contributed by atoms with E-state index >= 15 is 0 Å². The highest BCUT2D eigenvalue weighted by Crippen LogP contribution is 2.02. The lowest BCUT2D eigenvalue weighted by Gasteiger charge is -2.14. The fourth-order valence-corrected chi connectivity index (χ4v) is 1.90. The van der Waals surface area contributed by atoms with Crippen molar-refractivity contribution in [3.8, 4) is 0 Å². The van der Waals surface area contributed by atoms with Crippen LogP contribution in [0.1, 0.15) is 17.7 Å². The number of thioether (sulfide) groups is 1. The molecule has 19 heavy (non-hydrogen) atoms. The number of nitrogens with zero attached hydrogens (tertiary/aromatic N) is 1. The number of urea groups is 1. The van der Waals surface area contributed by atoms with Crippen LogP contribution in [0.5, 0.6) is 0 Å². The number of aliphatic carboxylic acids is 1. The molecule has 1 rings (SSSR count). The molecule has 106 valence electrons. The number of nitrogens with one attached hydrogen (secondary N) is 3. The minimum Gasteiger partial charge on any atom is -0.480 e. The molecule has 0 saturated carbocycles. The van der Waals surface area contributed by atoms with Crippen molar-refractivity contribution in [3.05, 3.63) is 17.5 Å². The van der Waals surface area contributed by atoms with Gasteiger partial charge in [0.05, 0.1) is 6.20 Å². The Hall–Kier alpha value is -1.70. The second-order valence-electron chi connectivity index (χ2n) is 4.02. The molecule has 1 aromatic heterocycles. The van der Waals surface area contributed by atoms with Gasteiger partial charge in [-0.1, -0.05) is 0 Å². The van der Waals surface area contributed by atoms with Gasteiger partial charge < -0.3 is 15.7 Å². The van der Waals surface area contributed by atoms with Gasteiger partial charge in [-0.05, 0) is 25.4 Å². The van der Waals surface area contributed by atoms with E-state index in [1.807, 2.05) is 13.2 Å². The Balaban J connectivity index is 2.40. The third-order valence-corrected chi connectivity index (χ3v) is 3.23. The van der Waals surface area contributed by atoms with E-state index in [1.165, 1.54) is 0 Å². The lowest BCUT2D eigenvalue weighted by Crippen LogP contribution is -2.46. The number of aromatic nitrogens is 2. The summed E-state index contributed by atoms with van der Waals surface area (Å²) < 4.78 is 0. The quantitative estimate of drug-likeness (QED) is 0.591. The molecule has 0 saturated heterocycles. The van der Waals surface area contributed by atoms with Crippen molar-refractivity contribution in [2.24, 2.45) is 0 Å². The first-order valence-electron chi connectivity index (χ1n) is 5.79. The van der Waals surface area contributed by atoms with Gasteiger partial charge in [0.25, 0.3) is 0 Å². The Morgan fingerprint density at radius 2 is 2.32 bits per heavy atom. The van der Waals surface area contributed by atoms with Gasteiger partial charge in [-0.2, -0.15) is 16.9 Å². The summed E-state index contributed by atoms with van der Waals surface area (Å²) in [5.41, 5.74) is 1.74. The van der Waals surface area contributed by atoms with Crippen LogP contribution in [-0.4, -0.2) is 45.4 Å². The minimum atomic E-state index is -1.02. The minimum absolute atomic E-state index is 0.309. The van der Waals surface area contributed by atoms with Crippen molar-refractivity contribution in [2.75, 3.05) is 12.0 Å². The number of H-pyrrole nitrogens is 1. The number of carboxylic acids is 1. The average Bonchev–Trinajstić information content (AvgIpc) is 2.77. The SMILES string of the molecule is CSCCC(NC(=O)NCc1cn[nH]c1C)C(=O)O. The largest absolute Gasteiger partial charge is 0.480 e.